The third kappa shape index (κ3) is 4.29. The zero-order chi connectivity index (χ0) is 25.6. The molecule has 6 N–H and O–H groups in total. The predicted octanol–water partition coefficient (Wildman–Crippen LogP) is -1.62. The van der Waals surface area contributed by atoms with Crippen molar-refractivity contribution in [2.45, 2.75) is 54.8 Å². The lowest BCUT2D eigenvalue weighted by Crippen LogP contribution is -2.60. The fourth-order valence-electron chi connectivity index (χ4n) is 5.21. The second-order valence-corrected chi connectivity index (χ2v) is 9.25. The van der Waals surface area contributed by atoms with Gasteiger partial charge in [0.15, 0.2) is 6.29 Å². The summed E-state index contributed by atoms with van der Waals surface area (Å²) in [5.74, 6) is -1.67. The fourth-order valence-corrected chi connectivity index (χ4v) is 5.21. The molecule has 3 fully saturated rings. The van der Waals surface area contributed by atoms with Crippen LogP contribution in [-0.2, 0) is 28.5 Å². The lowest BCUT2D eigenvalue weighted by molar-refractivity contribution is -0.344. The van der Waals surface area contributed by atoms with E-state index in [4.69, 9.17) is 23.7 Å². The van der Waals surface area contributed by atoms with E-state index in [1.54, 1.807) is 18.2 Å². The number of carbonyl (C=O) groups excluding carboxylic acids is 1. The molecule has 4 aliphatic rings. The lowest BCUT2D eigenvalue weighted by Gasteiger charge is -2.43. The Bertz CT molecular complexity index is 1010. The molecule has 196 valence electrons. The average molecular weight is 508 g/mol. The van der Waals surface area contributed by atoms with Gasteiger partial charge in [-0.3, -0.25) is 0 Å². The van der Waals surface area contributed by atoms with Crippen LogP contribution in [0.25, 0.3) is 6.08 Å². The second-order valence-electron chi connectivity index (χ2n) is 9.25. The molecule has 36 heavy (non-hydrogen) atoms. The number of carbonyl (C=O) groups is 1. The van der Waals surface area contributed by atoms with Crippen molar-refractivity contribution in [3.63, 3.8) is 0 Å². The van der Waals surface area contributed by atoms with Crippen LogP contribution < -0.4 is 0 Å². The van der Waals surface area contributed by atoms with Gasteiger partial charge in [0.2, 0.25) is 6.29 Å². The van der Waals surface area contributed by atoms with Crippen molar-refractivity contribution in [1.82, 2.24) is 0 Å². The Labute approximate surface area is 205 Å². The number of epoxide rings is 1. The molecule has 1 aromatic rings. The maximum absolute atomic E-state index is 12.6. The fraction of sp³-hybridized carbons (Fsp3) is 0.542. The highest BCUT2D eigenvalue weighted by atomic mass is 16.8. The molecule has 0 bridgehead atoms. The van der Waals surface area contributed by atoms with Crippen molar-refractivity contribution in [1.29, 1.82) is 0 Å². The predicted molar refractivity (Wildman–Crippen MR) is 118 cm³/mol. The Balaban J connectivity index is 1.30. The first-order chi connectivity index (χ1) is 17.3. The standard InChI is InChI=1S/C24H28O12/c25-9-14-17(29)18(30)19(31)23(33-14)35-22-16-13(7-8-32-22)20(21-24(16,10-26)36-21)34-15(28)6-3-11-1-4-12(27)5-2-11/h1-8,13-14,16-23,25-27,29-31H,9-10H2/b6-3+/t13-,14-,16-,17-,18+,19-,20+,21+,22+,23+,24-/m1/s1. The maximum Gasteiger partial charge on any atom is 0.331 e. The summed E-state index contributed by atoms with van der Waals surface area (Å²) in [5.41, 5.74) is -0.444. The van der Waals surface area contributed by atoms with Crippen molar-refractivity contribution >= 4 is 12.0 Å². The average Bonchev–Trinajstić information content (AvgIpc) is 3.56. The van der Waals surface area contributed by atoms with E-state index in [-0.39, 0.29) is 5.75 Å². The van der Waals surface area contributed by atoms with Gasteiger partial charge in [-0.05, 0) is 29.8 Å². The van der Waals surface area contributed by atoms with Crippen LogP contribution in [0.15, 0.2) is 42.7 Å². The molecular weight excluding hydrogens is 480 g/mol. The summed E-state index contributed by atoms with van der Waals surface area (Å²) in [6, 6.07) is 6.24. The first-order valence-electron chi connectivity index (χ1n) is 11.5. The van der Waals surface area contributed by atoms with Crippen LogP contribution in [-0.4, -0.2) is 105 Å². The van der Waals surface area contributed by atoms with Gasteiger partial charge < -0.3 is 54.3 Å². The van der Waals surface area contributed by atoms with Gasteiger partial charge in [-0.25, -0.2) is 4.79 Å². The van der Waals surface area contributed by atoms with E-state index in [2.05, 4.69) is 0 Å². The highest BCUT2D eigenvalue weighted by molar-refractivity contribution is 5.87. The highest BCUT2D eigenvalue weighted by Gasteiger charge is 2.77. The zero-order valence-corrected chi connectivity index (χ0v) is 18.9. The first-order valence-corrected chi connectivity index (χ1v) is 11.5. The minimum atomic E-state index is -1.64. The van der Waals surface area contributed by atoms with E-state index in [1.165, 1.54) is 30.5 Å². The van der Waals surface area contributed by atoms with E-state index in [1.807, 2.05) is 0 Å². The summed E-state index contributed by atoms with van der Waals surface area (Å²) in [4.78, 5) is 12.6. The van der Waals surface area contributed by atoms with Gasteiger partial charge in [0.05, 0.1) is 25.4 Å². The first kappa shape index (κ1) is 25.1. The number of fused-ring (bicyclic) bond motifs is 3. The van der Waals surface area contributed by atoms with Crippen molar-refractivity contribution in [3.05, 3.63) is 48.2 Å². The number of aliphatic hydroxyl groups excluding tert-OH is 5. The molecule has 0 amide bonds. The third-order valence-corrected chi connectivity index (χ3v) is 7.16. The number of aliphatic hydroxyl groups is 5. The SMILES string of the molecule is O=C(/C=C/c1ccc(O)cc1)O[C@H]1[C@@H]2C=CO[C@@H](O[C@@H]3O[C@H](CO)[C@@H](O)[C@H](O)[C@H]3O)[C@@H]2[C@@]2(CO)O[C@@H]12. The summed E-state index contributed by atoms with van der Waals surface area (Å²) in [6.45, 7) is -1.04. The molecule has 3 aliphatic heterocycles. The summed E-state index contributed by atoms with van der Waals surface area (Å²) in [6.07, 6.45) is -4.18. The molecule has 0 aromatic heterocycles. The van der Waals surface area contributed by atoms with Gasteiger partial charge >= 0.3 is 5.97 Å². The Morgan fingerprint density at radius 3 is 2.50 bits per heavy atom. The number of hydrogen-bond acceptors (Lipinski definition) is 12. The number of benzene rings is 1. The third-order valence-electron chi connectivity index (χ3n) is 7.16. The summed E-state index contributed by atoms with van der Waals surface area (Å²) in [5, 5.41) is 59.3. The molecule has 5 rings (SSSR count). The molecule has 1 aromatic carbocycles. The van der Waals surface area contributed by atoms with E-state index >= 15 is 0 Å². The topological polar surface area (TPSA) is 188 Å². The molecule has 0 spiro atoms. The van der Waals surface area contributed by atoms with Gasteiger partial charge in [-0.1, -0.05) is 12.1 Å². The lowest BCUT2D eigenvalue weighted by atomic mass is 9.85. The Morgan fingerprint density at radius 1 is 1.06 bits per heavy atom. The van der Waals surface area contributed by atoms with Crippen LogP contribution in [0, 0.1) is 11.8 Å². The number of phenolic OH excluding ortho intramolecular Hbond substituents is 1. The molecule has 12 nitrogen and oxygen atoms in total. The summed E-state index contributed by atoms with van der Waals surface area (Å²) < 4.78 is 28.3. The number of phenols is 1. The van der Waals surface area contributed by atoms with Crippen LogP contribution in [0.3, 0.4) is 0 Å². The van der Waals surface area contributed by atoms with E-state index in [0.29, 0.717) is 5.56 Å². The molecule has 0 unspecified atom stereocenters. The minimum absolute atomic E-state index is 0.102. The number of ether oxygens (including phenoxy) is 5. The number of rotatable bonds is 7. The van der Waals surface area contributed by atoms with Gasteiger partial charge in [-0.2, -0.15) is 0 Å². The normalized spacial score (nSPS) is 43.0. The zero-order valence-electron chi connectivity index (χ0n) is 18.9. The Morgan fingerprint density at radius 2 is 1.81 bits per heavy atom. The van der Waals surface area contributed by atoms with Crippen LogP contribution in [0.2, 0.25) is 0 Å². The summed E-state index contributed by atoms with van der Waals surface area (Å²) >= 11 is 0. The highest BCUT2D eigenvalue weighted by Crippen LogP contribution is 2.60. The van der Waals surface area contributed by atoms with E-state index in [9.17, 15) is 35.4 Å². The smallest absolute Gasteiger partial charge is 0.331 e. The maximum atomic E-state index is 12.6. The summed E-state index contributed by atoms with van der Waals surface area (Å²) in [7, 11) is 0. The molecule has 2 saturated heterocycles. The largest absolute Gasteiger partial charge is 0.508 e. The number of esters is 1. The second kappa shape index (κ2) is 9.72. The van der Waals surface area contributed by atoms with Crippen molar-refractivity contribution < 1.29 is 59.1 Å². The number of hydrogen-bond donors (Lipinski definition) is 6. The van der Waals surface area contributed by atoms with Crippen molar-refractivity contribution in [2.24, 2.45) is 11.8 Å². The van der Waals surface area contributed by atoms with Crippen LogP contribution in [0.4, 0.5) is 0 Å². The molecule has 3 heterocycles. The molecule has 12 heteroatoms. The molecule has 1 saturated carbocycles. The van der Waals surface area contributed by atoms with Crippen molar-refractivity contribution in [2.75, 3.05) is 13.2 Å². The van der Waals surface area contributed by atoms with Crippen LogP contribution >= 0.6 is 0 Å². The number of aromatic hydroxyl groups is 1. The molecule has 1 aliphatic carbocycles. The molecule has 0 radical (unpaired) electrons. The Kier molecular flexibility index (Phi) is 6.78. The molecule has 11 atom stereocenters. The quantitative estimate of drug-likeness (QED) is 0.141. The van der Waals surface area contributed by atoms with Gasteiger partial charge in [0.25, 0.3) is 0 Å². The molecular formula is C24H28O12. The van der Waals surface area contributed by atoms with E-state index in [0.717, 1.165) is 0 Å². The van der Waals surface area contributed by atoms with Gasteiger partial charge in [-0.15, -0.1) is 0 Å². The monoisotopic (exact) mass is 508 g/mol. The Hall–Kier alpha value is -2.55. The van der Waals surface area contributed by atoms with Crippen molar-refractivity contribution in [3.8, 4) is 5.75 Å². The minimum Gasteiger partial charge on any atom is -0.508 e. The van der Waals surface area contributed by atoms with E-state index < -0.39 is 85.8 Å². The van der Waals surface area contributed by atoms with Crippen LogP contribution in [0.1, 0.15) is 5.56 Å². The van der Waals surface area contributed by atoms with Crippen LogP contribution in [0.5, 0.6) is 5.75 Å². The van der Waals surface area contributed by atoms with Gasteiger partial charge in [0.1, 0.15) is 48.0 Å². The van der Waals surface area contributed by atoms with Gasteiger partial charge in [0, 0.05) is 12.0 Å².